The fourth-order valence-corrected chi connectivity index (χ4v) is 3.35. The predicted octanol–water partition coefficient (Wildman–Crippen LogP) is 6.74. The highest BCUT2D eigenvalue weighted by Crippen LogP contribution is 2.35. The van der Waals surface area contributed by atoms with Crippen molar-refractivity contribution in [3.8, 4) is 22.4 Å². The first-order valence-electron chi connectivity index (χ1n) is 8.74. The maximum Gasteiger partial charge on any atom is 0.138 e. The van der Waals surface area contributed by atoms with E-state index in [4.69, 9.17) is 16.6 Å². The minimum atomic E-state index is 0.480. The first-order chi connectivity index (χ1) is 12.6. The molecule has 0 N–H and O–H groups in total. The zero-order chi connectivity index (χ0) is 18.1. The molecule has 2 nitrogen and oxygen atoms in total. The van der Waals surface area contributed by atoms with Gasteiger partial charge in [-0.1, -0.05) is 80.0 Å². The normalized spacial score (nSPS) is 11.2. The number of nitrogens with zero attached hydrogens (tertiary/aromatic N) is 2. The summed E-state index contributed by atoms with van der Waals surface area (Å²) in [6.07, 6.45) is 1.70. The first kappa shape index (κ1) is 16.7. The molecule has 0 aliphatic rings. The fraction of sp³-hybridized carbons (Fsp3) is 0.130. The Morgan fingerprint density at radius 2 is 1.58 bits per heavy atom. The molecule has 0 saturated heterocycles. The highest BCUT2D eigenvalue weighted by atomic mass is 35.5. The molecular weight excluding hydrogens is 340 g/mol. The average molecular weight is 359 g/mol. The zero-order valence-corrected chi connectivity index (χ0v) is 15.5. The molecule has 0 atom stereocenters. The summed E-state index contributed by atoms with van der Waals surface area (Å²) in [4.78, 5) is 9.13. The lowest BCUT2D eigenvalue weighted by Gasteiger charge is -2.13. The summed E-state index contributed by atoms with van der Waals surface area (Å²) in [5, 5.41) is 1.35. The largest absolute Gasteiger partial charge is 0.247 e. The van der Waals surface area contributed by atoms with E-state index in [0.717, 1.165) is 33.3 Å². The van der Waals surface area contributed by atoms with Crippen LogP contribution in [0.25, 0.3) is 33.3 Å². The molecule has 0 spiro atoms. The van der Waals surface area contributed by atoms with Gasteiger partial charge in [-0.3, -0.25) is 0 Å². The molecule has 0 radical (unpaired) electrons. The van der Waals surface area contributed by atoms with Crippen LogP contribution in [-0.4, -0.2) is 9.97 Å². The fourth-order valence-electron chi connectivity index (χ4n) is 3.15. The standard InChI is InChI=1S/C23H19ClN2/c1-15(2)16-8-10-18(11-9-16)22-19(17-6-4-3-5-7-17)14-20-21(26-22)12-13-25-23(20)24/h3-15H,1-2H3. The van der Waals surface area contributed by atoms with Gasteiger partial charge >= 0.3 is 0 Å². The molecule has 2 aromatic heterocycles. The van der Waals surface area contributed by atoms with Crippen LogP contribution < -0.4 is 0 Å². The van der Waals surface area contributed by atoms with Crippen molar-refractivity contribution in [2.45, 2.75) is 19.8 Å². The summed E-state index contributed by atoms with van der Waals surface area (Å²) < 4.78 is 0. The molecule has 4 aromatic rings. The lowest BCUT2D eigenvalue weighted by molar-refractivity contribution is 0.867. The molecule has 0 unspecified atom stereocenters. The van der Waals surface area contributed by atoms with Gasteiger partial charge in [0, 0.05) is 22.7 Å². The van der Waals surface area contributed by atoms with E-state index in [1.165, 1.54) is 5.56 Å². The van der Waals surface area contributed by atoms with E-state index in [2.05, 4.69) is 61.3 Å². The Bertz CT molecular complexity index is 1050. The number of hydrogen-bond acceptors (Lipinski definition) is 2. The molecule has 26 heavy (non-hydrogen) atoms. The third-order valence-electron chi connectivity index (χ3n) is 4.63. The summed E-state index contributed by atoms with van der Waals surface area (Å²) in [6.45, 7) is 4.40. The predicted molar refractivity (Wildman–Crippen MR) is 110 cm³/mol. The van der Waals surface area contributed by atoms with Gasteiger partial charge in [-0.25, -0.2) is 9.97 Å². The summed E-state index contributed by atoms with van der Waals surface area (Å²) in [7, 11) is 0. The van der Waals surface area contributed by atoms with Crippen LogP contribution in [0.2, 0.25) is 5.15 Å². The Kier molecular flexibility index (Phi) is 4.44. The Morgan fingerprint density at radius 3 is 2.27 bits per heavy atom. The Balaban J connectivity index is 1.97. The van der Waals surface area contributed by atoms with E-state index in [1.54, 1.807) is 6.20 Å². The minimum Gasteiger partial charge on any atom is -0.247 e. The molecule has 0 aliphatic heterocycles. The lowest BCUT2D eigenvalue weighted by Crippen LogP contribution is -1.93. The average Bonchev–Trinajstić information content (AvgIpc) is 2.68. The molecule has 0 aliphatic carbocycles. The number of pyridine rings is 2. The van der Waals surface area contributed by atoms with Gasteiger partial charge < -0.3 is 0 Å². The van der Waals surface area contributed by atoms with Gasteiger partial charge in [-0.05, 0) is 29.2 Å². The second-order valence-electron chi connectivity index (χ2n) is 6.70. The van der Waals surface area contributed by atoms with Gasteiger partial charge in [0.15, 0.2) is 0 Å². The van der Waals surface area contributed by atoms with Gasteiger partial charge in [0.2, 0.25) is 0 Å². The van der Waals surface area contributed by atoms with Gasteiger partial charge in [0.1, 0.15) is 5.15 Å². The van der Waals surface area contributed by atoms with Gasteiger partial charge in [-0.15, -0.1) is 0 Å². The van der Waals surface area contributed by atoms with Crippen molar-refractivity contribution in [3.05, 3.63) is 83.6 Å². The van der Waals surface area contributed by atoms with Crippen LogP contribution in [0.4, 0.5) is 0 Å². The minimum absolute atomic E-state index is 0.480. The lowest BCUT2D eigenvalue weighted by atomic mass is 9.95. The number of rotatable bonds is 3. The van der Waals surface area contributed by atoms with Crippen LogP contribution in [0, 0.1) is 0 Å². The summed E-state index contributed by atoms with van der Waals surface area (Å²) in [5.41, 5.74) is 6.41. The number of halogens is 1. The van der Waals surface area contributed by atoms with Crippen molar-refractivity contribution in [3.63, 3.8) is 0 Å². The van der Waals surface area contributed by atoms with Gasteiger partial charge in [-0.2, -0.15) is 0 Å². The zero-order valence-electron chi connectivity index (χ0n) is 14.8. The highest BCUT2D eigenvalue weighted by Gasteiger charge is 2.13. The molecule has 2 heterocycles. The van der Waals surface area contributed by atoms with Gasteiger partial charge in [0.05, 0.1) is 11.2 Å². The number of aromatic nitrogens is 2. The highest BCUT2D eigenvalue weighted by molar-refractivity contribution is 6.34. The smallest absolute Gasteiger partial charge is 0.138 e. The van der Waals surface area contributed by atoms with E-state index in [-0.39, 0.29) is 0 Å². The van der Waals surface area contributed by atoms with Crippen molar-refractivity contribution in [1.29, 1.82) is 0 Å². The topological polar surface area (TPSA) is 25.8 Å². The van der Waals surface area contributed by atoms with Crippen molar-refractivity contribution >= 4 is 22.5 Å². The van der Waals surface area contributed by atoms with E-state index in [0.29, 0.717) is 11.1 Å². The maximum absolute atomic E-state index is 6.32. The van der Waals surface area contributed by atoms with Crippen LogP contribution in [0.3, 0.4) is 0 Å². The van der Waals surface area contributed by atoms with E-state index < -0.39 is 0 Å². The molecule has 128 valence electrons. The van der Waals surface area contributed by atoms with E-state index >= 15 is 0 Å². The third kappa shape index (κ3) is 3.09. The van der Waals surface area contributed by atoms with Crippen molar-refractivity contribution < 1.29 is 0 Å². The Labute approximate surface area is 158 Å². The summed E-state index contributed by atoms with van der Waals surface area (Å²) in [6, 6.07) is 23.0. The summed E-state index contributed by atoms with van der Waals surface area (Å²) >= 11 is 6.32. The quantitative estimate of drug-likeness (QED) is 0.379. The molecule has 4 rings (SSSR count). The second kappa shape index (κ2) is 6.89. The van der Waals surface area contributed by atoms with Crippen molar-refractivity contribution in [1.82, 2.24) is 9.97 Å². The van der Waals surface area contributed by atoms with Gasteiger partial charge in [0.25, 0.3) is 0 Å². The molecule has 2 aromatic carbocycles. The number of fused-ring (bicyclic) bond motifs is 1. The van der Waals surface area contributed by atoms with Crippen molar-refractivity contribution in [2.24, 2.45) is 0 Å². The molecule has 3 heteroatoms. The van der Waals surface area contributed by atoms with E-state index in [1.807, 2.05) is 24.3 Å². The first-order valence-corrected chi connectivity index (χ1v) is 9.12. The third-order valence-corrected chi connectivity index (χ3v) is 4.93. The molecule has 0 bridgehead atoms. The monoisotopic (exact) mass is 358 g/mol. The van der Waals surface area contributed by atoms with Crippen LogP contribution in [0.5, 0.6) is 0 Å². The van der Waals surface area contributed by atoms with E-state index in [9.17, 15) is 0 Å². The van der Waals surface area contributed by atoms with Crippen LogP contribution in [-0.2, 0) is 0 Å². The SMILES string of the molecule is CC(C)c1ccc(-c2nc3ccnc(Cl)c3cc2-c2ccccc2)cc1. The van der Waals surface area contributed by atoms with Crippen LogP contribution >= 0.6 is 11.6 Å². The van der Waals surface area contributed by atoms with Crippen LogP contribution in [0.1, 0.15) is 25.3 Å². The number of hydrogen-bond donors (Lipinski definition) is 0. The molecule has 0 amide bonds. The van der Waals surface area contributed by atoms with Crippen LogP contribution in [0.15, 0.2) is 72.9 Å². The maximum atomic E-state index is 6.32. The summed E-state index contributed by atoms with van der Waals surface area (Å²) in [5.74, 6) is 0.507. The molecule has 0 fully saturated rings. The number of benzene rings is 2. The molecular formula is C23H19ClN2. The Morgan fingerprint density at radius 1 is 0.846 bits per heavy atom. The van der Waals surface area contributed by atoms with Crippen molar-refractivity contribution in [2.75, 3.05) is 0 Å². The molecule has 0 saturated carbocycles. The Hall–Kier alpha value is -2.71. The second-order valence-corrected chi connectivity index (χ2v) is 7.05.